The van der Waals surface area contributed by atoms with Crippen molar-refractivity contribution in [3.8, 4) is 0 Å². The van der Waals surface area contributed by atoms with Crippen LogP contribution in [-0.4, -0.2) is 42.5 Å². The largest absolute Gasteiger partial charge is 0.360 e. The normalized spacial score (nSPS) is 17.4. The Morgan fingerprint density at radius 1 is 1.35 bits per heavy atom. The standard InChI is InChI=1S/C16H21N3O/c1-19-8-6-12(7-9-19)10-18-16(20)14-11-17-15-5-3-2-4-13(14)15/h2-5,11-12,17H,6-10H2,1H3,(H,18,20). The van der Waals surface area contributed by atoms with E-state index in [1.54, 1.807) is 6.20 Å². The molecule has 0 radical (unpaired) electrons. The lowest BCUT2D eigenvalue weighted by Gasteiger charge is -2.28. The van der Waals surface area contributed by atoms with Crippen molar-refractivity contribution in [1.29, 1.82) is 0 Å². The Labute approximate surface area is 119 Å². The van der Waals surface area contributed by atoms with E-state index in [1.165, 1.54) is 12.8 Å². The average Bonchev–Trinajstić information content (AvgIpc) is 2.90. The van der Waals surface area contributed by atoms with E-state index >= 15 is 0 Å². The van der Waals surface area contributed by atoms with Crippen LogP contribution in [0, 0.1) is 5.92 Å². The molecule has 0 unspecified atom stereocenters. The van der Waals surface area contributed by atoms with Crippen molar-refractivity contribution >= 4 is 16.8 Å². The zero-order chi connectivity index (χ0) is 13.9. The van der Waals surface area contributed by atoms with Gasteiger partial charge in [0.15, 0.2) is 0 Å². The van der Waals surface area contributed by atoms with Gasteiger partial charge in [-0.2, -0.15) is 0 Å². The van der Waals surface area contributed by atoms with E-state index in [2.05, 4.69) is 22.2 Å². The fraction of sp³-hybridized carbons (Fsp3) is 0.438. The van der Waals surface area contributed by atoms with Crippen LogP contribution in [0.1, 0.15) is 23.2 Å². The smallest absolute Gasteiger partial charge is 0.253 e. The second-order valence-corrected chi connectivity index (χ2v) is 5.70. The fourth-order valence-corrected chi connectivity index (χ4v) is 2.86. The molecule has 2 heterocycles. The third kappa shape index (κ3) is 2.70. The monoisotopic (exact) mass is 271 g/mol. The maximum absolute atomic E-state index is 12.3. The number of hydrogen-bond acceptors (Lipinski definition) is 2. The van der Waals surface area contributed by atoms with Crippen LogP contribution in [0.4, 0.5) is 0 Å². The summed E-state index contributed by atoms with van der Waals surface area (Å²) < 4.78 is 0. The van der Waals surface area contributed by atoms with E-state index in [1.807, 2.05) is 24.3 Å². The van der Waals surface area contributed by atoms with Gasteiger partial charge in [-0.3, -0.25) is 4.79 Å². The van der Waals surface area contributed by atoms with Crippen molar-refractivity contribution in [3.05, 3.63) is 36.0 Å². The van der Waals surface area contributed by atoms with Gasteiger partial charge in [-0.05, 0) is 45.0 Å². The lowest BCUT2D eigenvalue weighted by Crippen LogP contribution is -2.36. The van der Waals surface area contributed by atoms with Crippen LogP contribution in [0.5, 0.6) is 0 Å². The van der Waals surface area contributed by atoms with E-state index in [0.717, 1.165) is 36.1 Å². The fourth-order valence-electron chi connectivity index (χ4n) is 2.86. The molecule has 0 atom stereocenters. The van der Waals surface area contributed by atoms with Crippen LogP contribution in [0.15, 0.2) is 30.5 Å². The van der Waals surface area contributed by atoms with Gasteiger partial charge in [-0.1, -0.05) is 18.2 Å². The zero-order valence-electron chi connectivity index (χ0n) is 11.9. The molecule has 0 spiro atoms. The molecule has 4 heteroatoms. The van der Waals surface area contributed by atoms with Crippen LogP contribution in [-0.2, 0) is 0 Å². The third-order valence-electron chi connectivity index (χ3n) is 4.22. The number of amides is 1. The summed E-state index contributed by atoms with van der Waals surface area (Å²) in [6.45, 7) is 3.05. The molecule has 3 rings (SSSR count). The number of rotatable bonds is 3. The minimum absolute atomic E-state index is 0.0291. The Kier molecular flexibility index (Phi) is 3.74. The Morgan fingerprint density at radius 2 is 2.10 bits per heavy atom. The van der Waals surface area contributed by atoms with Crippen LogP contribution >= 0.6 is 0 Å². The van der Waals surface area contributed by atoms with Gasteiger partial charge in [0.2, 0.25) is 0 Å². The minimum Gasteiger partial charge on any atom is -0.360 e. The number of nitrogens with one attached hydrogen (secondary N) is 2. The molecule has 20 heavy (non-hydrogen) atoms. The molecule has 1 amide bonds. The number of piperidine rings is 1. The van der Waals surface area contributed by atoms with Gasteiger partial charge in [-0.15, -0.1) is 0 Å². The van der Waals surface area contributed by atoms with Crippen molar-refractivity contribution < 1.29 is 4.79 Å². The molecule has 1 aromatic carbocycles. The molecule has 1 fully saturated rings. The average molecular weight is 271 g/mol. The summed E-state index contributed by atoms with van der Waals surface area (Å²) >= 11 is 0. The number of likely N-dealkylation sites (tertiary alicyclic amines) is 1. The molecule has 4 nitrogen and oxygen atoms in total. The molecular weight excluding hydrogens is 250 g/mol. The van der Waals surface area contributed by atoms with Gasteiger partial charge in [0.05, 0.1) is 5.56 Å². The number of fused-ring (bicyclic) bond motifs is 1. The van der Waals surface area contributed by atoms with Gasteiger partial charge in [-0.25, -0.2) is 0 Å². The van der Waals surface area contributed by atoms with E-state index in [-0.39, 0.29) is 5.91 Å². The number of carbonyl (C=O) groups excluding carboxylic acids is 1. The second-order valence-electron chi connectivity index (χ2n) is 5.70. The number of carbonyl (C=O) groups is 1. The van der Waals surface area contributed by atoms with E-state index in [9.17, 15) is 4.79 Å². The predicted octanol–water partition coefficient (Wildman–Crippen LogP) is 2.24. The topological polar surface area (TPSA) is 48.1 Å². The number of aromatic amines is 1. The molecule has 106 valence electrons. The van der Waals surface area contributed by atoms with E-state index in [4.69, 9.17) is 0 Å². The second kappa shape index (κ2) is 5.67. The summed E-state index contributed by atoms with van der Waals surface area (Å²) in [5.74, 6) is 0.640. The van der Waals surface area contributed by atoms with Crippen LogP contribution in [0.25, 0.3) is 10.9 Å². The highest BCUT2D eigenvalue weighted by Crippen LogP contribution is 2.18. The number of aromatic nitrogens is 1. The third-order valence-corrected chi connectivity index (χ3v) is 4.22. The first kappa shape index (κ1) is 13.2. The Morgan fingerprint density at radius 3 is 2.90 bits per heavy atom. The summed E-state index contributed by atoms with van der Waals surface area (Å²) in [7, 11) is 2.15. The zero-order valence-corrected chi connectivity index (χ0v) is 11.9. The summed E-state index contributed by atoms with van der Waals surface area (Å²) in [4.78, 5) is 17.8. The first-order valence-corrected chi connectivity index (χ1v) is 7.27. The van der Waals surface area contributed by atoms with Gasteiger partial charge < -0.3 is 15.2 Å². The van der Waals surface area contributed by atoms with Crippen molar-refractivity contribution in [2.45, 2.75) is 12.8 Å². The van der Waals surface area contributed by atoms with Crippen molar-refractivity contribution in [2.24, 2.45) is 5.92 Å². The summed E-state index contributed by atoms with van der Waals surface area (Å²) in [5, 5.41) is 4.08. The van der Waals surface area contributed by atoms with Crippen LogP contribution in [0.2, 0.25) is 0 Å². The molecule has 2 N–H and O–H groups in total. The highest BCUT2D eigenvalue weighted by Gasteiger charge is 2.18. The SMILES string of the molecule is CN1CCC(CNC(=O)c2c[nH]c3ccccc23)CC1. The predicted molar refractivity (Wildman–Crippen MR) is 80.9 cm³/mol. The molecule has 0 saturated carbocycles. The summed E-state index contributed by atoms with van der Waals surface area (Å²) in [6, 6.07) is 7.91. The molecule has 1 saturated heterocycles. The number of H-pyrrole nitrogens is 1. The van der Waals surface area contributed by atoms with Crippen molar-refractivity contribution in [3.63, 3.8) is 0 Å². The van der Waals surface area contributed by atoms with Crippen molar-refractivity contribution in [1.82, 2.24) is 15.2 Å². The van der Waals surface area contributed by atoms with Crippen LogP contribution in [0.3, 0.4) is 0 Å². The number of hydrogen-bond donors (Lipinski definition) is 2. The lowest BCUT2D eigenvalue weighted by molar-refractivity contribution is 0.0940. The molecule has 1 aliphatic rings. The molecule has 2 aromatic rings. The first-order valence-electron chi connectivity index (χ1n) is 7.27. The van der Waals surface area contributed by atoms with Crippen molar-refractivity contribution in [2.75, 3.05) is 26.7 Å². The number of benzene rings is 1. The Bertz CT molecular complexity index is 597. The van der Waals surface area contributed by atoms with Gasteiger partial charge >= 0.3 is 0 Å². The summed E-state index contributed by atoms with van der Waals surface area (Å²) in [5.41, 5.74) is 1.76. The first-order chi connectivity index (χ1) is 9.74. The number of para-hydroxylation sites is 1. The van der Waals surface area contributed by atoms with Gasteiger partial charge in [0.25, 0.3) is 5.91 Å². The highest BCUT2D eigenvalue weighted by molar-refractivity contribution is 6.06. The van der Waals surface area contributed by atoms with Gasteiger partial charge in [0.1, 0.15) is 0 Å². The quantitative estimate of drug-likeness (QED) is 0.899. The highest BCUT2D eigenvalue weighted by atomic mass is 16.1. The molecule has 0 bridgehead atoms. The van der Waals surface area contributed by atoms with Gasteiger partial charge in [0, 0.05) is 23.6 Å². The van der Waals surface area contributed by atoms with E-state index < -0.39 is 0 Å². The van der Waals surface area contributed by atoms with E-state index in [0.29, 0.717) is 5.92 Å². The maximum Gasteiger partial charge on any atom is 0.253 e. The lowest BCUT2D eigenvalue weighted by atomic mass is 9.97. The summed E-state index contributed by atoms with van der Waals surface area (Å²) in [6.07, 6.45) is 4.14. The number of nitrogens with zero attached hydrogens (tertiary/aromatic N) is 1. The Balaban J connectivity index is 1.62. The molecule has 1 aromatic heterocycles. The van der Waals surface area contributed by atoms with Crippen LogP contribution < -0.4 is 5.32 Å². The Hall–Kier alpha value is -1.81. The minimum atomic E-state index is 0.0291. The maximum atomic E-state index is 12.3. The molecular formula is C16H21N3O. The molecule has 1 aliphatic heterocycles. The molecule has 0 aliphatic carbocycles.